The lowest BCUT2D eigenvalue weighted by molar-refractivity contribution is 0.0734. The molecule has 6 heteroatoms. The Balaban J connectivity index is 1.93. The maximum atomic E-state index is 13.6. The Morgan fingerprint density at radius 2 is 2.44 bits per heavy atom. The second kappa shape index (κ2) is 6.13. The Labute approximate surface area is 109 Å². The van der Waals surface area contributed by atoms with Crippen molar-refractivity contribution in [3.05, 3.63) is 34.6 Å². The zero-order valence-electron chi connectivity index (χ0n) is 9.71. The fourth-order valence-electron chi connectivity index (χ4n) is 1.74. The summed E-state index contributed by atoms with van der Waals surface area (Å²) in [5, 5.41) is 5.80. The lowest BCUT2D eigenvalue weighted by atomic mass is 10.2. The van der Waals surface area contributed by atoms with Crippen molar-refractivity contribution in [3.63, 3.8) is 0 Å². The summed E-state index contributed by atoms with van der Waals surface area (Å²) in [6, 6.07) is 4.42. The molecule has 0 spiro atoms. The number of halogens is 2. The predicted octanol–water partition coefficient (Wildman–Crippen LogP) is 1.20. The van der Waals surface area contributed by atoms with E-state index in [0.29, 0.717) is 19.8 Å². The van der Waals surface area contributed by atoms with Crippen molar-refractivity contribution in [3.8, 4) is 0 Å². The van der Waals surface area contributed by atoms with Crippen LogP contribution >= 0.6 is 11.6 Å². The van der Waals surface area contributed by atoms with Crippen molar-refractivity contribution in [2.45, 2.75) is 6.04 Å². The van der Waals surface area contributed by atoms with Gasteiger partial charge in [0.05, 0.1) is 23.8 Å². The fourth-order valence-corrected chi connectivity index (χ4v) is 1.92. The van der Waals surface area contributed by atoms with Gasteiger partial charge in [0.25, 0.3) is 5.91 Å². The number of carbonyl (C=O) groups is 1. The lowest BCUT2D eigenvalue weighted by Crippen LogP contribution is -2.48. The van der Waals surface area contributed by atoms with E-state index in [1.54, 1.807) is 6.07 Å². The van der Waals surface area contributed by atoms with Gasteiger partial charge in [-0.05, 0) is 12.1 Å². The number of benzene rings is 1. The molecule has 1 aromatic rings. The molecule has 18 heavy (non-hydrogen) atoms. The maximum Gasteiger partial charge on any atom is 0.254 e. The Hall–Kier alpha value is -1.17. The average Bonchev–Trinajstić information content (AvgIpc) is 2.40. The van der Waals surface area contributed by atoms with Crippen LogP contribution in [0.2, 0.25) is 5.02 Å². The summed E-state index contributed by atoms with van der Waals surface area (Å²) < 4.78 is 18.8. The molecule has 1 aliphatic rings. The number of carbonyl (C=O) groups excluding carboxylic acids is 1. The lowest BCUT2D eigenvalue weighted by Gasteiger charge is -2.23. The normalized spacial score (nSPS) is 19.6. The zero-order chi connectivity index (χ0) is 13.0. The second-order valence-electron chi connectivity index (χ2n) is 4.04. The molecule has 0 aromatic heterocycles. The third kappa shape index (κ3) is 3.19. The molecule has 1 amide bonds. The van der Waals surface area contributed by atoms with Gasteiger partial charge in [0, 0.05) is 19.1 Å². The van der Waals surface area contributed by atoms with Crippen LogP contribution in [0.3, 0.4) is 0 Å². The van der Waals surface area contributed by atoms with E-state index in [2.05, 4.69) is 10.6 Å². The molecule has 0 aliphatic carbocycles. The van der Waals surface area contributed by atoms with Crippen molar-refractivity contribution in [1.29, 1.82) is 0 Å². The molecule has 98 valence electrons. The van der Waals surface area contributed by atoms with Crippen LogP contribution in [0, 0.1) is 5.82 Å². The van der Waals surface area contributed by atoms with Crippen LogP contribution in [0.25, 0.3) is 0 Å². The largest absolute Gasteiger partial charge is 0.378 e. The molecule has 1 heterocycles. The first kappa shape index (κ1) is 13.3. The molecule has 1 saturated heterocycles. The summed E-state index contributed by atoms with van der Waals surface area (Å²) in [5.41, 5.74) is -0.0424. The van der Waals surface area contributed by atoms with Crippen LogP contribution in [0.15, 0.2) is 18.2 Å². The van der Waals surface area contributed by atoms with E-state index < -0.39 is 11.7 Å². The van der Waals surface area contributed by atoms with Crippen molar-refractivity contribution >= 4 is 17.5 Å². The monoisotopic (exact) mass is 272 g/mol. The second-order valence-corrected chi connectivity index (χ2v) is 4.44. The van der Waals surface area contributed by atoms with E-state index in [9.17, 15) is 9.18 Å². The standard InChI is InChI=1S/C12H14ClFN2O2/c13-10-3-1-2-9(11(10)14)12(17)16-6-8-7-18-5-4-15-8/h1-3,8,15H,4-7H2,(H,16,17). The number of nitrogens with one attached hydrogen (secondary N) is 2. The summed E-state index contributed by atoms with van der Waals surface area (Å²) >= 11 is 5.62. The van der Waals surface area contributed by atoms with Gasteiger partial charge in [-0.2, -0.15) is 0 Å². The predicted molar refractivity (Wildman–Crippen MR) is 66.4 cm³/mol. The van der Waals surface area contributed by atoms with Gasteiger partial charge < -0.3 is 15.4 Å². The maximum absolute atomic E-state index is 13.6. The fraction of sp³-hybridized carbons (Fsp3) is 0.417. The number of morpholine rings is 1. The SMILES string of the molecule is O=C(NCC1COCCN1)c1cccc(Cl)c1F. The molecule has 2 N–H and O–H groups in total. The summed E-state index contributed by atoms with van der Waals surface area (Å²) in [6.45, 7) is 2.36. The minimum absolute atomic E-state index is 0.0424. The van der Waals surface area contributed by atoms with Crippen LogP contribution in [0.4, 0.5) is 4.39 Å². The number of hydrogen-bond acceptors (Lipinski definition) is 3. The van der Waals surface area contributed by atoms with Crippen molar-refractivity contribution in [2.75, 3.05) is 26.3 Å². The molecule has 1 unspecified atom stereocenters. The smallest absolute Gasteiger partial charge is 0.254 e. The Morgan fingerprint density at radius 3 is 3.17 bits per heavy atom. The van der Waals surface area contributed by atoms with E-state index in [4.69, 9.17) is 16.3 Å². The first-order chi connectivity index (χ1) is 8.68. The Bertz CT molecular complexity index is 436. The Kier molecular flexibility index (Phi) is 4.52. The van der Waals surface area contributed by atoms with Gasteiger partial charge in [0.15, 0.2) is 5.82 Å². The molecular weight excluding hydrogens is 259 g/mol. The van der Waals surface area contributed by atoms with Gasteiger partial charge in [-0.15, -0.1) is 0 Å². The number of rotatable bonds is 3. The van der Waals surface area contributed by atoms with Gasteiger partial charge in [0.1, 0.15) is 0 Å². The highest BCUT2D eigenvalue weighted by Crippen LogP contribution is 2.17. The van der Waals surface area contributed by atoms with Crippen LogP contribution in [-0.4, -0.2) is 38.3 Å². The summed E-state index contributed by atoms with van der Waals surface area (Å²) in [5.74, 6) is -1.16. The highest BCUT2D eigenvalue weighted by atomic mass is 35.5. The number of ether oxygens (including phenoxy) is 1. The highest BCUT2D eigenvalue weighted by molar-refractivity contribution is 6.31. The van der Waals surface area contributed by atoms with E-state index in [0.717, 1.165) is 6.54 Å². The van der Waals surface area contributed by atoms with Crippen molar-refractivity contribution in [1.82, 2.24) is 10.6 Å². The first-order valence-electron chi connectivity index (χ1n) is 5.72. The molecule has 1 aliphatic heterocycles. The van der Waals surface area contributed by atoms with E-state index in [1.165, 1.54) is 12.1 Å². The molecule has 0 saturated carbocycles. The minimum atomic E-state index is -0.690. The van der Waals surface area contributed by atoms with Crippen LogP contribution in [-0.2, 0) is 4.74 Å². The van der Waals surface area contributed by atoms with Crippen molar-refractivity contribution in [2.24, 2.45) is 0 Å². The van der Waals surface area contributed by atoms with Crippen molar-refractivity contribution < 1.29 is 13.9 Å². The molecule has 0 bridgehead atoms. The summed E-state index contributed by atoms with van der Waals surface area (Å²) in [4.78, 5) is 11.8. The first-order valence-corrected chi connectivity index (χ1v) is 6.09. The molecular formula is C12H14ClFN2O2. The Morgan fingerprint density at radius 1 is 1.61 bits per heavy atom. The summed E-state index contributed by atoms with van der Waals surface area (Å²) in [7, 11) is 0. The van der Waals surface area contributed by atoms with Crippen LogP contribution in [0.1, 0.15) is 10.4 Å². The molecule has 1 aromatic carbocycles. The average molecular weight is 273 g/mol. The topological polar surface area (TPSA) is 50.4 Å². The third-order valence-corrected chi connectivity index (χ3v) is 3.00. The minimum Gasteiger partial charge on any atom is -0.378 e. The van der Waals surface area contributed by atoms with Gasteiger partial charge in [-0.3, -0.25) is 4.79 Å². The van der Waals surface area contributed by atoms with Gasteiger partial charge >= 0.3 is 0 Å². The molecule has 1 fully saturated rings. The van der Waals surface area contributed by atoms with E-state index in [-0.39, 0.29) is 16.6 Å². The van der Waals surface area contributed by atoms with Gasteiger partial charge in [-0.25, -0.2) is 4.39 Å². The van der Waals surface area contributed by atoms with Crippen LogP contribution < -0.4 is 10.6 Å². The number of hydrogen-bond donors (Lipinski definition) is 2. The quantitative estimate of drug-likeness (QED) is 0.869. The van der Waals surface area contributed by atoms with E-state index >= 15 is 0 Å². The zero-order valence-corrected chi connectivity index (χ0v) is 10.5. The van der Waals surface area contributed by atoms with Crippen LogP contribution in [0.5, 0.6) is 0 Å². The molecule has 1 atom stereocenters. The number of amides is 1. The third-order valence-electron chi connectivity index (χ3n) is 2.70. The van der Waals surface area contributed by atoms with Gasteiger partial charge in [-0.1, -0.05) is 17.7 Å². The molecule has 2 rings (SSSR count). The summed E-state index contributed by atoms with van der Waals surface area (Å²) in [6.07, 6.45) is 0. The van der Waals surface area contributed by atoms with E-state index in [1.807, 2.05) is 0 Å². The molecule has 0 radical (unpaired) electrons. The highest BCUT2D eigenvalue weighted by Gasteiger charge is 2.17. The molecule has 4 nitrogen and oxygen atoms in total. The van der Waals surface area contributed by atoms with Gasteiger partial charge in [0.2, 0.25) is 0 Å².